The van der Waals surface area contributed by atoms with Gasteiger partial charge in [0, 0.05) is 18.9 Å². The lowest BCUT2D eigenvalue weighted by atomic mass is 10.1. The van der Waals surface area contributed by atoms with E-state index in [0.717, 1.165) is 25.1 Å². The molecule has 0 N–H and O–H groups in total. The van der Waals surface area contributed by atoms with Gasteiger partial charge >= 0.3 is 0 Å². The van der Waals surface area contributed by atoms with Gasteiger partial charge in [-0.15, -0.1) is 0 Å². The average Bonchev–Trinajstić information content (AvgIpc) is 3.07. The van der Waals surface area contributed by atoms with E-state index in [1.807, 2.05) is 4.90 Å². The maximum Gasteiger partial charge on any atom is 0.259 e. The largest absolute Gasteiger partial charge is 0.361 e. The lowest BCUT2D eigenvalue weighted by Crippen LogP contribution is -2.31. The van der Waals surface area contributed by atoms with Gasteiger partial charge in [-0.25, -0.2) is 0 Å². The van der Waals surface area contributed by atoms with Gasteiger partial charge in [-0.1, -0.05) is 5.16 Å². The van der Waals surface area contributed by atoms with Crippen LogP contribution in [0.3, 0.4) is 0 Å². The van der Waals surface area contributed by atoms with E-state index in [1.54, 1.807) is 32.4 Å². The highest BCUT2D eigenvalue weighted by Gasteiger charge is 2.34. The molecular weight excluding hydrogens is 256 g/mol. The Hall–Kier alpha value is -2.24. The van der Waals surface area contributed by atoms with E-state index >= 15 is 0 Å². The van der Waals surface area contributed by atoms with Gasteiger partial charge in [0.2, 0.25) is 0 Å². The molecule has 1 unspecified atom stereocenters. The van der Waals surface area contributed by atoms with Crippen LogP contribution in [-0.2, 0) is 0 Å². The second kappa shape index (κ2) is 5.03. The first-order valence-electron chi connectivity index (χ1n) is 6.68. The zero-order valence-corrected chi connectivity index (χ0v) is 11.5. The Labute approximate surface area is 116 Å². The summed E-state index contributed by atoms with van der Waals surface area (Å²) in [5.41, 5.74) is 2.04. The summed E-state index contributed by atoms with van der Waals surface area (Å²) in [5.74, 6) is 0.534. The van der Waals surface area contributed by atoms with Crippen LogP contribution in [0.5, 0.6) is 0 Å². The summed E-state index contributed by atoms with van der Waals surface area (Å²) in [7, 11) is 0. The van der Waals surface area contributed by atoms with Gasteiger partial charge in [0.15, 0.2) is 0 Å². The number of hydrogen-bond donors (Lipinski definition) is 0. The van der Waals surface area contributed by atoms with Crippen molar-refractivity contribution in [2.75, 3.05) is 6.54 Å². The van der Waals surface area contributed by atoms with Crippen LogP contribution in [0.1, 0.15) is 46.4 Å². The molecule has 6 nitrogen and oxygen atoms in total. The zero-order valence-electron chi connectivity index (χ0n) is 11.5. The first-order chi connectivity index (χ1) is 9.68. The molecule has 1 aliphatic rings. The van der Waals surface area contributed by atoms with E-state index in [4.69, 9.17) is 4.52 Å². The van der Waals surface area contributed by atoms with Gasteiger partial charge in [0.05, 0.1) is 23.6 Å². The minimum Gasteiger partial charge on any atom is -0.361 e. The van der Waals surface area contributed by atoms with Gasteiger partial charge in [-0.2, -0.15) is 0 Å². The van der Waals surface area contributed by atoms with E-state index in [-0.39, 0.29) is 11.9 Å². The third-order valence-electron chi connectivity index (χ3n) is 3.69. The van der Waals surface area contributed by atoms with Crippen LogP contribution >= 0.6 is 0 Å². The maximum atomic E-state index is 12.7. The normalized spacial score (nSPS) is 18.5. The molecule has 104 valence electrons. The number of amides is 1. The Morgan fingerprint density at radius 1 is 1.40 bits per heavy atom. The molecule has 0 bridgehead atoms. The average molecular weight is 272 g/mol. The van der Waals surface area contributed by atoms with Crippen LogP contribution in [0.25, 0.3) is 0 Å². The molecule has 0 aromatic carbocycles. The smallest absolute Gasteiger partial charge is 0.259 e. The van der Waals surface area contributed by atoms with Gasteiger partial charge in [-0.3, -0.25) is 14.8 Å². The fourth-order valence-electron chi connectivity index (χ4n) is 2.73. The summed E-state index contributed by atoms with van der Waals surface area (Å²) >= 11 is 0. The predicted octanol–water partition coefficient (Wildman–Crippen LogP) is 2.06. The molecule has 0 saturated carbocycles. The van der Waals surface area contributed by atoms with Crippen molar-refractivity contribution < 1.29 is 9.32 Å². The van der Waals surface area contributed by atoms with Crippen molar-refractivity contribution >= 4 is 5.91 Å². The second-order valence-corrected chi connectivity index (χ2v) is 4.99. The Morgan fingerprint density at radius 3 is 2.90 bits per heavy atom. The molecule has 2 aromatic rings. The van der Waals surface area contributed by atoms with Gasteiger partial charge in [0.1, 0.15) is 11.3 Å². The fourth-order valence-corrected chi connectivity index (χ4v) is 2.73. The molecule has 1 saturated heterocycles. The molecule has 0 spiro atoms. The van der Waals surface area contributed by atoms with Crippen LogP contribution in [-0.4, -0.2) is 32.5 Å². The van der Waals surface area contributed by atoms with Crippen molar-refractivity contribution in [3.8, 4) is 0 Å². The van der Waals surface area contributed by atoms with Crippen LogP contribution in [0, 0.1) is 13.8 Å². The molecule has 1 aliphatic heterocycles. The summed E-state index contributed by atoms with van der Waals surface area (Å²) in [6, 6.07) is -0.00935. The summed E-state index contributed by atoms with van der Waals surface area (Å²) < 4.78 is 5.09. The topological polar surface area (TPSA) is 72.1 Å². The lowest BCUT2D eigenvalue weighted by Gasteiger charge is -2.23. The first-order valence-corrected chi connectivity index (χ1v) is 6.68. The molecule has 0 radical (unpaired) electrons. The zero-order chi connectivity index (χ0) is 14.1. The summed E-state index contributed by atoms with van der Waals surface area (Å²) in [6.45, 7) is 4.28. The number of aromatic nitrogens is 3. The van der Waals surface area contributed by atoms with E-state index in [2.05, 4.69) is 15.1 Å². The number of rotatable bonds is 2. The van der Waals surface area contributed by atoms with E-state index in [9.17, 15) is 4.79 Å². The minimum atomic E-state index is -0.0330. The Bertz CT molecular complexity index is 604. The minimum absolute atomic E-state index is 0.00935. The van der Waals surface area contributed by atoms with E-state index < -0.39 is 0 Å². The molecule has 6 heteroatoms. The first kappa shape index (κ1) is 12.8. The number of hydrogen-bond acceptors (Lipinski definition) is 5. The van der Waals surface area contributed by atoms with Crippen LogP contribution in [0.2, 0.25) is 0 Å². The molecule has 3 rings (SSSR count). The third-order valence-corrected chi connectivity index (χ3v) is 3.69. The molecule has 0 aliphatic carbocycles. The number of carbonyl (C=O) groups is 1. The Kier molecular flexibility index (Phi) is 3.22. The number of aryl methyl sites for hydroxylation is 2. The molecule has 1 amide bonds. The summed E-state index contributed by atoms with van der Waals surface area (Å²) in [5, 5.41) is 3.86. The fraction of sp³-hybridized carbons (Fsp3) is 0.429. The molecule has 1 atom stereocenters. The predicted molar refractivity (Wildman–Crippen MR) is 71.0 cm³/mol. The van der Waals surface area contributed by atoms with Crippen molar-refractivity contribution in [3.05, 3.63) is 41.3 Å². The monoisotopic (exact) mass is 272 g/mol. The van der Waals surface area contributed by atoms with Crippen molar-refractivity contribution in [1.82, 2.24) is 20.0 Å². The third kappa shape index (κ3) is 2.07. The number of carbonyl (C=O) groups excluding carboxylic acids is 1. The molecule has 2 aromatic heterocycles. The lowest BCUT2D eigenvalue weighted by molar-refractivity contribution is 0.0730. The van der Waals surface area contributed by atoms with E-state index in [1.165, 1.54) is 0 Å². The molecule has 3 heterocycles. The highest BCUT2D eigenvalue weighted by molar-refractivity contribution is 5.96. The van der Waals surface area contributed by atoms with Crippen molar-refractivity contribution in [1.29, 1.82) is 0 Å². The van der Waals surface area contributed by atoms with Crippen LogP contribution < -0.4 is 0 Å². The highest BCUT2D eigenvalue weighted by atomic mass is 16.5. The van der Waals surface area contributed by atoms with Crippen LogP contribution in [0.15, 0.2) is 23.1 Å². The number of nitrogens with zero attached hydrogens (tertiary/aromatic N) is 4. The van der Waals surface area contributed by atoms with Crippen molar-refractivity contribution in [3.63, 3.8) is 0 Å². The Morgan fingerprint density at radius 2 is 2.25 bits per heavy atom. The molecule has 1 fully saturated rings. The van der Waals surface area contributed by atoms with Gasteiger partial charge < -0.3 is 9.42 Å². The van der Waals surface area contributed by atoms with Gasteiger partial charge in [0.25, 0.3) is 5.91 Å². The standard InChI is InChI=1S/C14H16N4O2/c1-9-13(10(2)20-17-9)14(19)18-7-3-4-12(18)11-8-15-5-6-16-11/h5-6,8,12H,3-4,7H2,1-2H3. The molecular formula is C14H16N4O2. The summed E-state index contributed by atoms with van der Waals surface area (Å²) in [4.78, 5) is 23.0. The van der Waals surface area contributed by atoms with E-state index in [0.29, 0.717) is 17.0 Å². The number of likely N-dealkylation sites (tertiary alicyclic amines) is 1. The maximum absolute atomic E-state index is 12.7. The van der Waals surface area contributed by atoms with Gasteiger partial charge in [-0.05, 0) is 26.7 Å². The van der Waals surface area contributed by atoms with Crippen molar-refractivity contribution in [2.24, 2.45) is 0 Å². The second-order valence-electron chi connectivity index (χ2n) is 4.99. The summed E-state index contributed by atoms with van der Waals surface area (Å²) in [6.07, 6.45) is 6.90. The Balaban J connectivity index is 1.91. The SMILES string of the molecule is Cc1noc(C)c1C(=O)N1CCCC1c1cnccn1. The molecule has 20 heavy (non-hydrogen) atoms. The quantitative estimate of drug-likeness (QED) is 0.836. The van der Waals surface area contributed by atoms with Crippen LogP contribution in [0.4, 0.5) is 0 Å². The van der Waals surface area contributed by atoms with Crippen molar-refractivity contribution in [2.45, 2.75) is 32.7 Å². The highest BCUT2D eigenvalue weighted by Crippen LogP contribution is 2.32.